The third-order valence-electron chi connectivity index (χ3n) is 3.03. The van der Waals surface area contributed by atoms with Gasteiger partial charge in [-0.05, 0) is 30.3 Å². The summed E-state index contributed by atoms with van der Waals surface area (Å²) in [4.78, 5) is 0. The van der Waals surface area contributed by atoms with Crippen LogP contribution in [0.4, 0.5) is 0 Å². The van der Waals surface area contributed by atoms with Crippen LogP contribution in [0.3, 0.4) is 0 Å². The SMILES string of the molecule is N/N=C(\N)c1ccc2noc(-c3ccccc3Cl)c2c1. The van der Waals surface area contributed by atoms with E-state index in [0.29, 0.717) is 21.9 Å². The fraction of sp³-hybridized carbons (Fsp3) is 0. The molecule has 0 aliphatic rings. The largest absolute Gasteiger partial charge is 0.382 e. The smallest absolute Gasteiger partial charge is 0.176 e. The van der Waals surface area contributed by atoms with Gasteiger partial charge in [-0.1, -0.05) is 28.9 Å². The number of hydrogen-bond acceptors (Lipinski definition) is 4. The maximum atomic E-state index is 6.19. The minimum absolute atomic E-state index is 0.248. The van der Waals surface area contributed by atoms with Gasteiger partial charge in [0.2, 0.25) is 0 Å². The molecule has 0 bridgehead atoms. The summed E-state index contributed by atoms with van der Waals surface area (Å²) in [5.41, 5.74) is 7.92. The molecule has 3 aromatic rings. The Labute approximate surface area is 119 Å². The normalized spacial score (nSPS) is 11.9. The predicted octanol–water partition coefficient (Wildman–Crippen LogP) is 2.73. The summed E-state index contributed by atoms with van der Waals surface area (Å²) in [5.74, 6) is 6.04. The first-order valence-electron chi connectivity index (χ1n) is 5.89. The topological polar surface area (TPSA) is 90.4 Å². The molecule has 1 heterocycles. The van der Waals surface area contributed by atoms with Gasteiger partial charge in [-0.15, -0.1) is 0 Å². The van der Waals surface area contributed by atoms with E-state index in [2.05, 4.69) is 10.3 Å². The van der Waals surface area contributed by atoms with Crippen LogP contribution < -0.4 is 11.6 Å². The van der Waals surface area contributed by atoms with Gasteiger partial charge in [0.15, 0.2) is 5.76 Å². The van der Waals surface area contributed by atoms with Crippen LogP contribution in [0.1, 0.15) is 5.56 Å². The maximum absolute atomic E-state index is 6.19. The average Bonchev–Trinajstić information content (AvgIpc) is 2.90. The molecule has 20 heavy (non-hydrogen) atoms. The van der Waals surface area contributed by atoms with Gasteiger partial charge in [0.25, 0.3) is 0 Å². The minimum Gasteiger partial charge on any atom is -0.382 e. The molecule has 0 atom stereocenters. The molecule has 0 aliphatic heterocycles. The summed E-state index contributed by atoms with van der Waals surface area (Å²) in [6.07, 6.45) is 0. The summed E-state index contributed by atoms with van der Waals surface area (Å²) in [6.45, 7) is 0. The van der Waals surface area contributed by atoms with E-state index in [-0.39, 0.29) is 5.84 Å². The molecule has 1 aromatic heterocycles. The van der Waals surface area contributed by atoms with Crippen LogP contribution in [-0.2, 0) is 0 Å². The zero-order valence-corrected chi connectivity index (χ0v) is 11.1. The second-order valence-corrected chi connectivity index (χ2v) is 4.65. The molecule has 6 heteroatoms. The first kappa shape index (κ1) is 12.5. The van der Waals surface area contributed by atoms with Gasteiger partial charge in [0.05, 0.1) is 10.4 Å². The van der Waals surface area contributed by atoms with Crippen LogP contribution in [0.5, 0.6) is 0 Å². The van der Waals surface area contributed by atoms with Gasteiger partial charge in [0, 0.05) is 11.1 Å². The highest BCUT2D eigenvalue weighted by Gasteiger charge is 2.14. The summed E-state index contributed by atoms with van der Waals surface area (Å²) in [7, 11) is 0. The van der Waals surface area contributed by atoms with Gasteiger partial charge in [-0.2, -0.15) is 5.10 Å². The number of hydrogen-bond donors (Lipinski definition) is 2. The number of rotatable bonds is 2. The molecule has 0 saturated carbocycles. The van der Waals surface area contributed by atoms with Gasteiger partial charge < -0.3 is 16.1 Å². The van der Waals surface area contributed by atoms with Crippen LogP contribution in [0.25, 0.3) is 22.2 Å². The molecule has 5 nitrogen and oxygen atoms in total. The third kappa shape index (κ3) is 1.98. The van der Waals surface area contributed by atoms with Crippen molar-refractivity contribution in [1.29, 1.82) is 0 Å². The third-order valence-corrected chi connectivity index (χ3v) is 3.36. The van der Waals surface area contributed by atoms with E-state index in [4.69, 9.17) is 27.7 Å². The first-order valence-corrected chi connectivity index (χ1v) is 6.26. The predicted molar refractivity (Wildman–Crippen MR) is 79.4 cm³/mol. The number of aromatic nitrogens is 1. The molecule has 2 aromatic carbocycles. The molecule has 0 radical (unpaired) electrons. The lowest BCUT2D eigenvalue weighted by Gasteiger charge is -2.01. The van der Waals surface area contributed by atoms with Crippen LogP contribution in [0, 0.1) is 0 Å². The highest BCUT2D eigenvalue weighted by atomic mass is 35.5. The molecule has 0 amide bonds. The fourth-order valence-electron chi connectivity index (χ4n) is 2.01. The molecule has 4 N–H and O–H groups in total. The molecule has 3 rings (SSSR count). The monoisotopic (exact) mass is 286 g/mol. The maximum Gasteiger partial charge on any atom is 0.176 e. The molecular weight excluding hydrogens is 276 g/mol. The van der Waals surface area contributed by atoms with Gasteiger partial charge in [-0.25, -0.2) is 0 Å². The number of halogens is 1. The Bertz CT molecular complexity index is 810. The molecule has 100 valence electrons. The lowest BCUT2D eigenvalue weighted by atomic mass is 10.1. The van der Waals surface area contributed by atoms with Crippen molar-refractivity contribution in [3.05, 3.63) is 53.1 Å². The molecule has 0 saturated heterocycles. The Morgan fingerprint density at radius 1 is 1.20 bits per heavy atom. The standard InChI is InChI=1S/C14H11ClN4O/c15-11-4-2-1-3-9(11)13-10-7-8(14(16)18-17)5-6-12(10)19-20-13/h1-7H,17H2,(H2,16,18). The minimum atomic E-state index is 0.248. The number of benzene rings is 2. The van der Waals surface area contributed by atoms with Crippen molar-refractivity contribution in [3.63, 3.8) is 0 Å². The Kier molecular flexibility index (Phi) is 3.04. The van der Waals surface area contributed by atoms with Crippen molar-refractivity contribution in [3.8, 4) is 11.3 Å². The number of amidine groups is 1. The van der Waals surface area contributed by atoms with Crippen molar-refractivity contribution in [2.24, 2.45) is 16.7 Å². The van der Waals surface area contributed by atoms with Crippen molar-refractivity contribution in [2.45, 2.75) is 0 Å². The lowest BCUT2D eigenvalue weighted by Crippen LogP contribution is -2.15. The number of hydrazone groups is 1. The fourth-order valence-corrected chi connectivity index (χ4v) is 2.24. The van der Waals surface area contributed by atoms with Crippen molar-refractivity contribution >= 4 is 28.3 Å². The second-order valence-electron chi connectivity index (χ2n) is 4.24. The summed E-state index contributed by atoms with van der Waals surface area (Å²) in [6, 6.07) is 12.8. The average molecular weight is 287 g/mol. The van der Waals surface area contributed by atoms with E-state index in [1.54, 1.807) is 18.2 Å². The summed E-state index contributed by atoms with van der Waals surface area (Å²) in [5, 5.41) is 8.91. The molecule has 0 unspecified atom stereocenters. The first-order chi connectivity index (χ1) is 9.70. The summed E-state index contributed by atoms with van der Waals surface area (Å²) < 4.78 is 5.40. The van der Waals surface area contributed by atoms with Crippen molar-refractivity contribution in [1.82, 2.24) is 5.16 Å². The Morgan fingerprint density at radius 3 is 2.75 bits per heavy atom. The van der Waals surface area contributed by atoms with Crippen LogP contribution in [0.15, 0.2) is 52.1 Å². The molecule has 0 fully saturated rings. The van der Waals surface area contributed by atoms with E-state index in [1.165, 1.54) is 0 Å². The van der Waals surface area contributed by atoms with Crippen LogP contribution in [0.2, 0.25) is 5.02 Å². The van der Waals surface area contributed by atoms with Crippen molar-refractivity contribution < 1.29 is 4.52 Å². The quantitative estimate of drug-likeness (QED) is 0.328. The van der Waals surface area contributed by atoms with Gasteiger partial charge in [-0.3, -0.25) is 0 Å². The second kappa shape index (κ2) is 4.86. The zero-order valence-electron chi connectivity index (χ0n) is 10.4. The molecule has 0 aliphatic carbocycles. The Balaban J connectivity index is 2.25. The zero-order chi connectivity index (χ0) is 14.1. The van der Waals surface area contributed by atoms with E-state index in [9.17, 15) is 0 Å². The van der Waals surface area contributed by atoms with E-state index >= 15 is 0 Å². The molecular formula is C14H11ClN4O. The van der Waals surface area contributed by atoms with Crippen molar-refractivity contribution in [2.75, 3.05) is 0 Å². The Hall–Kier alpha value is -2.53. The van der Waals surface area contributed by atoms with E-state index in [1.807, 2.05) is 24.3 Å². The van der Waals surface area contributed by atoms with Crippen LogP contribution >= 0.6 is 11.6 Å². The lowest BCUT2D eigenvalue weighted by molar-refractivity contribution is 0.441. The number of fused-ring (bicyclic) bond motifs is 1. The van der Waals surface area contributed by atoms with E-state index < -0.39 is 0 Å². The van der Waals surface area contributed by atoms with Gasteiger partial charge >= 0.3 is 0 Å². The molecule has 0 spiro atoms. The van der Waals surface area contributed by atoms with Gasteiger partial charge in [0.1, 0.15) is 11.4 Å². The van der Waals surface area contributed by atoms with Crippen LogP contribution in [-0.4, -0.2) is 11.0 Å². The number of nitrogens with two attached hydrogens (primary N) is 2. The summed E-state index contributed by atoms with van der Waals surface area (Å²) >= 11 is 6.19. The van der Waals surface area contributed by atoms with E-state index in [0.717, 1.165) is 10.9 Å². The highest BCUT2D eigenvalue weighted by molar-refractivity contribution is 6.33. The Morgan fingerprint density at radius 2 is 2.00 bits per heavy atom. The highest BCUT2D eigenvalue weighted by Crippen LogP contribution is 2.33. The number of nitrogens with zero attached hydrogens (tertiary/aromatic N) is 2.